The van der Waals surface area contributed by atoms with Crippen LogP contribution in [0.25, 0.3) is 0 Å². The number of hydrogen-bond acceptors (Lipinski definition) is 4. The minimum atomic E-state index is -0.232. The molecule has 0 spiro atoms. The molecular weight excluding hydrogens is 298 g/mol. The van der Waals surface area contributed by atoms with Crippen molar-refractivity contribution in [2.75, 3.05) is 11.6 Å². The van der Waals surface area contributed by atoms with E-state index in [-0.39, 0.29) is 18.0 Å². The van der Waals surface area contributed by atoms with E-state index in [1.54, 1.807) is 6.92 Å². The molecule has 0 bridgehead atoms. The summed E-state index contributed by atoms with van der Waals surface area (Å²) in [5, 5.41) is 3.41. The van der Waals surface area contributed by atoms with Gasteiger partial charge in [0.2, 0.25) is 5.91 Å². The number of rotatable bonds is 5. The highest BCUT2D eigenvalue weighted by molar-refractivity contribution is 7.98. The summed E-state index contributed by atoms with van der Waals surface area (Å²) in [6.07, 6.45) is 2.67. The average Bonchev–Trinajstić information content (AvgIpc) is 2.50. The van der Waals surface area contributed by atoms with Crippen molar-refractivity contribution in [2.24, 2.45) is 0 Å². The Labute approximate surface area is 133 Å². The summed E-state index contributed by atoms with van der Waals surface area (Å²) in [6.45, 7) is 3.76. The first kappa shape index (κ1) is 16.3. The standard InChI is InChI=1S/C16H19N3O2S/c1-4-12-7-5-6-8-13(12)18-14(20)10-19-15(21)9-11(2)17-16(19)22-3/h5-9H,4,10H2,1-3H3,(H,18,20). The maximum Gasteiger partial charge on any atom is 0.254 e. The SMILES string of the molecule is CCc1ccccc1NC(=O)Cn1c(SC)nc(C)cc1=O. The van der Waals surface area contributed by atoms with E-state index in [1.165, 1.54) is 22.4 Å². The highest BCUT2D eigenvalue weighted by atomic mass is 32.2. The number of nitrogens with zero attached hydrogens (tertiary/aromatic N) is 2. The van der Waals surface area contributed by atoms with Gasteiger partial charge in [0.25, 0.3) is 5.56 Å². The quantitative estimate of drug-likeness (QED) is 0.680. The Morgan fingerprint density at radius 2 is 2.09 bits per heavy atom. The van der Waals surface area contributed by atoms with Gasteiger partial charge in [-0.1, -0.05) is 36.9 Å². The fraction of sp³-hybridized carbons (Fsp3) is 0.312. The van der Waals surface area contributed by atoms with Gasteiger partial charge < -0.3 is 5.32 Å². The van der Waals surface area contributed by atoms with Gasteiger partial charge in [0.05, 0.1) is 0 Å². The lowest BCUT2D eigenvalue weighted by atomic mass is 10.1. The number of para-hydroxylation sites is 1. The maximum absolute atomic E-state index is 12.2. The lowest BCUT2D eigenvalue weighted by Crippen LogP contribution is -2.29. The molecule has 1 heterocycles. The van der Waals surface area contributed by atoms with Gasteiger partial charge in [-0.15, -0.1) is 0 Å². The van der Waals surface area contributed by atoms with Gasteiger partial charge in [0.15, 0.2) is 5.16 Å². The first-order valence-electron chi connectivity index (χ1n) is 7.05. The van der Waals surface area contributed by atoms with E-state index >= 15 is 0 Å². The Morgan fingerprint density at radius 1 is 1.36 bits per heavy atom. The predicted octanol–water partition coefficient (Wildman–Crippen LogP) is 2.47. The van der Waals surface area contributed by atoms with Crippen LogP contribution in [-0.2, 0) is 17.8 Å². The first-order chi connectivity index (χ1) is 10.5. The van der Waals surface area contributed by atoms with Crippen LogP contribution in [0.2, 0.25) is 0 Å². The Kier molecular flexibility index (Phi) is 5.38. The number of amides is 1. The van der Waals surface area contributed by atoms with Crippen molar-refractivity contribution < 1.29 is 4.79 Å². The predicted molar refractivity (Wildman–Crippen MR) is 89.5 cm³/mol. The van der Waals surface area contributed by atoms with E-state index in [9.17, 15) is 9.59 Å². The van der Waals surface area contributed by atoms with Crippen molar-refractivity contribution in [2.45, 2.75) is 32.0 Å². The van der Waals surface area contributed by atoms with Gasteiger partial charge in [0, 0.05) is 17.4 Å². The number of nitrogens with one attached hydrogen (secondary N) is 1. The van der Waals surface area contributed by atoms with Crippen molar-refractivity contribution in [3.63, 3.8) is 0 Å². The maximum atomic E-state index is 12.2. The van der Waals surface area contributed by atoms with Crippen molar-refractivity contribution in [1.29, 1.82) is 0 Å². The van der Waals surface area contributed by atoms with Gasteiger partial charge in [-0.05, 0) is 31.2 Å². The van der Waals surface area contributed by atoms with Gasteiger partial charge in [-0.2, -0.15) is 0 Å². The van der Waals surface area contributed by atoms with Crippen LogP contribution >= 0.6 is 11.8 Å². The summed E-state index contributed by atoms with van der Waals surface area (Å²) in [7, 11) is 0. The highest BCUT2D eigenvalue weighted by Gasteiger charge is 2.12. The van der Waals surface area contributed by atoms with Crippen LogP contribution in [0, 0.1) is 6.92 Å². The molecular formula is C16H19N3O2S. The topological polar surface area (TPSA) is 64.0 Å². The molecule has 0 atom stereocenters. The first-order valence-corrected chi connectivity index (χ1v) is 8.27. The van der Waals surface area contributed by atoms with Gasteiger partial charge in [0.1, 0.15) is 6.54 Å². The number of hydrogen-bond donors (Lipinski definition) is 1. The van der Waals surface area contributed by atoms with Crippen molar-refractivity contribution in [1.82, 2.24) is 9.55 Å². The number of carbonyl (C=O) groups excluding carboxylic acids is 1. The Morgan fingerprint density at radius 3 is 2.77 bits per heavy atom. The molecule has 0 radical (unpaired) electrons. The average molecular weight is 317 g/mol. The lowest BCUT2D eigenvalue weighted by molar-refractivity contribution is -0.116. The van der Waals surface area contributed by atoms with E-state index < -0.39 is 0 Å². The molecule has 0 aliphatic rings. The molecule has 0 saturated carbocycles. The third-order valence-corrected chi connectivity index (χ3v) is 3.93. The molecule has 1 aromatic carbocycles. The summed E-state index contributed by atoms with van der Waals surface area (Å²) >= 11 is 1.35. The molecule has 22 heavy (non-hydrogen) atoms. The molecule has 6 heteroatoms. The fourth-order valence-corrected chi connectivity index (χ4v) is 2.79. The molecule has 0 aliphatic carbocycles. The van der Waals surface area contributed by atoms with E-state index in [1.807, 2.05) is 37.4 Å². The highest BCUT2D eigenvalue weighted by Crippen LogP contribution is 2.16. The van der Waals surface area contributed by atoms with E-state index in [2.05, 4.69) is 10.3 Å². The number of thioether (sulfide) groups is 1. The number of anilines is 1. The van der Waals surface area contributed by atoms with Crippen LogP contribution in [0.1, 0.15) is 18.2 Å². The zero-order chi connectivity index (χ0) is 16.1. The molecule has 2 aromatic rings. The molecule has 1 amide bonds. The molecule has 5 nitrogen and oxygen atoms in total. The van der Waals surface area contributed by atoms with Crippen LogP contribution in [0.15, 0.2) is 40.3 Å². The molecule has 1 aromatic heterocycles. The van der Waals surface area contributed by atoms with E-state index in [0.717, 1.165) is 17.7 Å². The van der Waals surface area contributed by atoms with Crippen LogP contribution < -0.4 is 10.9 Å². The number of aryl methyl sites for hydroxylation is 2. The molecule has 116 valence electrons. The smallest absolute Gasteiger partial charge is 0.254 e. The van der Waals surface area contributed by atoms with Crippen LogP contribution in [0.4, 0.5) is 5.69 Å². The Balaban J connectivity index is 2.21. The number of aromatic nitrogens is 2. The minimum Gasteiger partial charge on any atom is -0.324 e. The van der Waals surface area contributed by atoms with Crippen molar-refractivity contribution in [3.05, 3.63) is 51.9 Å². The monoisotopic (exact) mass is 317 g/mol. The van der Waals surface area contributed by atoms with E-state index in [0.29, 0.717) is 10.9 Å². The second-order valence-electron chi connectivity index (χ2n) is 4.87. The minimum absolute atomic E-state index is 0.0413. The van der Waals surface area contributed by atoms with Gasteiger partial charge >= 0.3 is 0 Å². The lowest BCUT2D eigenvalue weighted by Gasteiger charge is -2.12. The zero-order valence-electron chi connectivity index (χ0n) is 12.9. The summed E-state index contributed by atoms with van der Waals surface area (Å²) in [4.78, 5) is 28.6. The second kappa shape index (κ2) is 7.26. The summed E-state index contributed by atoms with van der Waals surface area (Å²) in [6, 6.07) is 9.09. The Bertz CT molecular complexity index is 740. The van der Waals surface area contributed by atoms with E-state index in [4.69, 9.17) is 0 Å². The molecule has 0 saturated heterocycles. The fourth-order valence-electron chi connectivity index (χ4n) is 2.18. The van der Waals surface area contributed by atoms with Crippen molar-refractivity contribution in [3.8, 4) is 0 Å². The summed E-state index contributed by atoms with van der Waals surface area (Å²) in [5.74, 6) is -0.232. The summed E-state index contributed by atoms with van der Waals surface area (Å²) < 4.78 is 1.39. The molecule has 0 unspecified atom stereocenters. The normalized spacial score (nSPS) is 10.5. The van der Waals surface area contributed by atoms with Crippen LogP contribution in [0.5, 0.6) is 0 Å². The molecule has 2 rings (SSSR count). The second-order valence-corrected chi connectivity index (χ2v) is 5.64. The van der Waals surface area contributed by atoms with Crippen LogP contribution in [0.3, 0.4) is 0 Å². The molecule has 1 N–H and O–H groups in total. The molecule has 0 fully saturated rings. The van der Waals surface area contributed by atoms with Crippen molar-refractivity contribution >= 4 is 23.4 Å². The Hall–Kier alpha value is -2.08. The molecule has 0 aliphatic heterocycles. The number of carbonyl (C=O) groups is 1. The van der Waals surface area contributed by atoms with Gasteiger partial charge in [-0.3, -0.25) is 14.2 Å². The van der Waals surface area contributed by atoms with Gasteiger partial charge in [-0.25, -0.2) is 4.98 Å². The van der Waals surface area contributed by atoms with Crippen LogP contribution in [-0.4, -0.2) is 21.7 Å². The summed E-state index contributed by atoms with van der Waals surface area (Å²) in [5.41, 5.74) is 2.29. The third kappa shape index (κ3) is 3.76. The zero-order valence-corrected chi connectivity index (χ0v) is 13.7. The largest absolute Gasteiger partial charge is 0.324 e. The third-order valence-electron chi connectivity index (χ3n) is 3.26. The number of benzene rings is 1.